The average molecular weight is 806 g/mol. The minimum absolute atomic E-state index is 0.380. The molecule has 2 aliphatic carbocycles. The van der Waals surface area contributed by atoms with Gasteiger partial charge in [0.1, 0.15) is 0 Å². The predicted molar refractivity (Wildman–Crippen MR) is 256 cm³/mol. The van der Waals surface area contributed by atoms with Crippen LogP contribution in [0.1, 0.15) is 22.3 Å². The molecule has 3 nitrogen and oxygen atoms in total. The number of rotatable bonds is 5. The summed E-state index contributed by atoms with van der Waals surface area (Å²) < 4.78 is 2.61. The highest BCUT2D eigenvalue weighted by Gasteiger charge is 2.51. The molecule has 62 heavy (non-hydrogen) atoms. The van der Waals surface area contributed by atoms with Crippen LogP contribution in [-0.2, 0) is 5.41 Å². The Kier molecular flexibility index (Phi) is 7.69. The number of hydrogen-bond donors (Lipinski definition) is 0. The minimum atomic E-state index is -0.380. The van der Waals surface area contributed by atoms with E-state index >= 15 is 0 Å². The van der Waals surface area contributed by atoms with E-state index in [2.05, 4.69) is 194 Å². The normalized spacial score (nSPS) is 13.0. The molecule has 0 bridgehead atoms. The van der Waals surface area contributed by atoms with E-state index in [-0.39, 0.29) is 5.41 Å². The van der Waals surface area contributed by atoms with E-state index in [4.69, 9.17) is 15.0 Å². The van der Waals surface area contributed by atoms with Gasteiger partial charge < -0.3 is 0 Å². The lowest BCUT2D eigenvalue weighted by Gasteiger charge is -2.30. The number of nitrogens with zero attached hydrogens (tertiary/aromatic N) is 3. The molecule has 9 aromatic carbocycles. The molecule has 0 saturated carbocycles. The van der Waals surface area contributed by atoms with Crippen LogP contribution in [0.15, 0.2) is 212 Å². The Bertz CT molecular complexity index is 3520. The van der Waals surface area contributed by atoms with Crippen LogP contribution in [0.2, 0.25) is 0 Å². The zero-order chi connectivity index (χ0) is 40.8. The third kappa shape index (κ3) is 5.14. The van der Waals surface area contributed by atoms with Gasteiger partial charge in [0.05, 0.1) is 5.41 Å². The zero-order valence-corrected chi connectivity index (χ0v) is 34.3. The van der Waals surface area contributed by atoms with Crippen molar-refractivity contribution in [3.05, 3.63) is 235 Å². The monoisotopic (exact) mass is 805 g/mol. The van der Waals surface area contributed by atoms with Gasteiger partial charge in [-0.3, -0.25) is 0 Å². The highest BCUT2D eigenvalue weighted by Crippen LogP contribution is 2.63. The van der Waals surface area contributed by atoms with Crippen molar-refractivity contribution in [3.63, 3.8) is 0 Å². The molecule has 2 heterocycles. The van der Waals surface area contributed by atoms with Crippen LogP contribution in [0.3, 0.4) is 0 Å². The standard InChI is InChI=1S/C58H35N3S/c1-2-13-38(14-3-1)55-59-56(39-29-25-36(26-30-39)41-33-34-46-45-17-7-11-24-52(45)62-53(46)35-41)61-57(60-55)40-31-27-37(28-32-40)42-19-12-23-51-54(42)47-18-6-10-22-50(47)58(51)48-20-8-4-15-43(48)44-16-5-9-21-49(44)58/h1-35H. The highest BCUT2D eigenvalue weighted by atomic mass is 32.1. The largest absolute Gasteiger partial charge is 0.208 e. The first-order chi connectivity index (χ1) is 30.7. The molecule has 0 amide bonds. The number of aromatic nitrogens is 3. The van der Waals surface area contributed by atoms with Gasteiger partial charge in [0.15, 0.2) is 17.5 Å². The van der Waals surface area contributed by atoms with Crippen LogP contribution in [0, 0.1) is 0 Å². The molecule has 0 N–H and O–H groups in total. The number of benzene rings is 9. The van der Waals surface area contributed by atoms with Gasteiger partial charge in [-0.05, 0) is 78.9 Å². The summed E-state index contributed by atoms with van der Waals surface area (Å²) in [5, 5.41) is 2.62. The Morgan fingerprint density at radius 1 is 0.290 bits per heavy atom. The fraction of sp³-hybridized carbons (Fsp3) is 0.0172. The third-order valence-corrected chi connectivity index (χ3v) is 14.1. The van der Waals surface area contributed by atoms with Crippen molar-refractivity contribution >= 4 is 31.5 Å². The lowest BCUT2D eigenvalue weighted by molar-refractivity contribution is 0.794. The molecule has 0 radical (unpaired) electrons. The van der Waals surface area contributed by atoms with Crippen molar-refractivity contribution in [1.82, 2.24) is 15.0 Å². The Hall–Kier alpha value is -7.79. The first-order valence-corrected chi connectivity index (χ1v) is 21.9. The van der Waals surface area contributed by atoms with Crippen molar-refractivity contribution in [3.8, 4) is 78.7 Å². The molecule has 2 aromatic heterocycles. The SMILES string of the molecule is c1ccc(-c2nc(-c3ccc(-c4ccc5c(c4)sc4ccccc45)cc3)nc(-c3ccc(-c4cccc5c4-c4ccccc4C54c5ccccc5-c5ccccc54)cc3)n2)cc1. The zero-order valence-electron chi connectivity index (χ0n) is 33.5. The summed E-state index contributed by atoms with van der Waals surface area (Å²) >= 11 is 1.84. The van der Waals surface area contributed by atoms with E-state index in [1.165, 1.54) is 75.8 Å². The summed E-state index contributed by atoms with van der Waals surface area (Å²) in [5.74, 6) is 1.93. The number of hydrogen-bond acceptors (Lipinski definition) is 4. The molecular weight excluding hydrogens is 771 g/mol. The Morgan fingerprint density at radius 2 is 0.742 bits per heavy atom. The molecule has 0 atom stereocenters. The van der Waals surface area contributed by atoms with Gasteiger partial charge in [-0.1, -0.05) is 200 Å². The molecule has 2 aliphatic rings. The fourth-order valence-electron chi connectivity index (χ4n) is 10.3. The second-order valence-corrected chi connectivity index (χ2v) is 17.3. The predicted octanol–water partition coefficient (Wildman–Crippen LogP) is 14.9. The van der Waals surface area contributed by atoms with Crippen LogP contribution < -0.4 is 0 Å². The first-order valence-electron chi connectivity index (χ1n) is 21.1. The molecule has 0 fully saturated rings. The van der Waals surface area contributed by atoms with E-state index in [1.54, 1.807) is 0 Å². The van der Waals surface area contributed by atoms with Crippen molar-refractivity contribution in [2.75, 3.05) is 0 Å². The lowest BCUT2D eigenvalue weighted by atomic mass is 9.70. The fourth-order valence-corrected chi connectivity index (χ4v) is 11.4. The number of fused-ring (bicyclic) bond motifs is 13. The average Bonchev–Trinajstić information content (AvgIpc) is 3.98. The van der Waals surface area contributed by atoms with Crippen LogP contribution in [0.4, 0.5) is 0 Å². The van der Waals surface area contributed by atoms with Crippen LogP contribution in [0.5, 0.6) is 0 Å². The summed E-state index contributed by atoms with van der Waals surface area (Å²) in [6.45, 7) is 0. The van der Waals surface area contributed by atoms with Gasteiger partial charge in [0, 0.05) is 36.9 Å². The third-order valence-electron chi connectivity index (χ3n) is 13.0. The topological polar surface area (TPSA) is 38.7 Å². The maximum absolute atomic E-state index is 5.13. The van der Waals surface area contributed by atoms with Gasteiger partial charge in [-0.15, -0.1) is 11.3 Å². The molecule has 288 valence electrons. The second kappa shape index (κ2) is 13.6. The van der Waals surface area contributed by atoms with Crippen LogP contribution in [-0.4, -0.2) is 15.0 Å². The summed E-state index contributed by atoms with van der Waals surface area (Å²) in [5.41, 5.74) is 17.7. The molecule has 0 saturated heterocycles. The lowest BCUT2D eigenvalue weighted by Crippen LogP contribution is -2.25. The Morgan fingerprint density at radius 3 is 1.40 bits per heavy atom. The molecule has 1 spiro atoms. The molecule has 4 heteroatoms. The molecule has 11 aromatic rings. The van der Waals surface area contributed by atoms with Crippen molar-refractivity contribution in [1.29, 1.82) is 0 Å². The van der Waals surface area contributed by atoms with Gasteiger partial charge in [0.2, 0.25) is 0 Å². The summed E-state index contributed by atoms with van der Waals surface area (Å²) in [6.07, 6.45) is 0. The molecular formula is C58H35N3S. The van der Waals surface area contributed by atoms with Crippen LogP contribution >= 0.6 is 11.3 Å². The Labute approximate surface area is 363 Å². The maximum Gasteiger partial charge on any atom is 0.164 e. The van der Waals surface area contributed by atoms with Crippen LogP contribution in [0.25, 0.3) is 98.8 Å². The van der Waals surface area contributed by atoms with Gasteiger partial charge in [-0.2, -0.15) is 0 Å². The highest BCUT2D eigenvalue weighted by molar-refractivity contribution is 7.25. The maximum atomic E-state index is 5.13. The minimum Gasteiger partial charge on any atom is -0.208 e. The van der Waals surface area contributed by atoms with E-state index in [0.717, 1.165) is 27.8 Å². The quantitative estimate of drug-likeness (QED) is 0.174. The van der Waals surface area contributed by atoms with Gasteiger partial charge in [0.25, 0.3) is 0 Å². The summed E-state index contributed by atoms with van der Waals surface area (Å²) in [7, 11) is 0. The summed E-state index contributed by atoms with van der Waals surface area (Å²) in [6, 6.07) is 76.8. The first kappa shape index (κ1) is 35.0. The number of thiophene rings is 1. The smallest absolute Gasteiger partial charge is 0.164 e. The second-order valence-electron chi connectivity index (χ2n) is 16.3. The van der Waals surface area contributed by atoms with E-state index in [1.807, 2.05) is 29.5 Å². The van der Waals surface area contributed by atoms with Gasteiger partial charge in [-0.25, -0.2) is 15.0 Å². The van der Waals surface area contributed by atoms with E-state index in [9.17, 15) is 0 Å². The molecule has 0 unspecified atom stereocenters. The summed E-state index contributed by atoms with van der Waals surface area (Å²) in [4.78, 5) is 15.2. The molecule has 13 rings (SSSR count). The van der Waals surface area contributed by atoms with Gasteiger partial charge >= 0.3 is 0 Å². The van der Waals surface area contributed by atoms with Crippen molar-refractivity contribution in [2.24, 2.45) is 0 Å². The molecule has 0 aliphatic heterocycles. The van der Waals surface area contributed by atoms with E-state index in [0.29, 0.717) is 17.5 Å². The van der Waals surface area contributed by atoms with Crippen molar-refractivity contribution in [2.45, 2.75) is 5.41 Å². The van der Waals surface area contributed by atoms with E-state index < -0.39 is 0 Å². The van der Waals surface area contributed by atoms with Crippen molar-refractivity contribution < 1.29 is 0 Å². The Balaban J connectivity index is 0.893.